The van der Waals surface area contributed by atoms with Gasteiger partial charge >= 0.3 is 0 Å². The van der Waals surface area contributed by atoms with Crippen molar-refractivity contribution in [1.82, 2.24) is 0 Å². The molecule has 9 heavy (non-hydrogen) atoms. The van der Waals surface area contributed by atoms with E-state index >= 15 is 0 Å². The lowest BCUT2D eigenvalue weighted by Crippen LogP contribution is -1.94. The summed E-state index contributed by atoms with van der Waals surface area (Å²) in [7, 11) is 0. The molecule has 0 aliphatic heterocycles. The lowest BCUT2D eigenvalue weighted by molar-refractivity contribution is 0.334. The summed E-state index contributed by atoms with van der Waals surface area (Å²) in [6, 6.07) is 0. The van der Waals surface area contributed by atoms with Crippen molar-refractivity contribution in [2.45, 2.75) is 6.42 Å². The molecule has 1 rings (SSSR count). The maximum atomic E-state index is 8.71. The van der Waals surface area contributed by atoms with Crippen molar-refractivity contribution in [2.75, 3.05) is 6.61 Å². The number of aliphatic hydroxyl groups is 1. The molecule has 0 aromatic carbocycles. The maximum Gasteiger partial charge on any atom is 0.0689 e. The molecule has 0 aromatic rings. The smallest absolute Gasteiger partial charge is 0.0689 e. The van der Waals surface area contributed by atoms with Gasteiger partial charge in [0.05, 0.1) is 6.61 Å². The van der Waals surface area contributed by atoms with Crippen LogP contribution in [-0.2, 0) is 0 Å². The van der Waals surface area contributed by atoms with E-state index in [-0.39, 0.29) is 6.61 Å². The zero-order valence-electron chi connectivity index (χ0n) is 4.97. The zero-order chi connectivity index (χ0) is 6.69. The van der Waals surface area contributed by atoms with Gasteiger partial charge in [-0.15, -0.1) is 0 Å². The molecule has 0 amide bonds. The fourth-order valence-electron chi connectivity index (χ4n) is 0.726. The molecule has 0 fully saturated rings. The van der Waals surface area contributed by atoms with E-state index < -0.39 is 0 Å². The van der Waals surface area contributed by atoms with Gasteiger partial charge in [-0.2, -0.15) is 0 Å². The summed E-state index contributed by atoms with van der Waals surface area (Å²) in [5.41, 5.74) is 0.984. The van der Waals surface area contributed by atoms with E-state index in [9.17, 15) is 0 Å². The van der Waals surface area contributed by atoms with Crippen LogP contribution in [0.25, 0.3) is 0 Å². The van der Waals surface area contributed by atoms with Crippen LogP contribution < -0.4 is 0 Å². The molecule has 0 aromatic heterocycles. The first kappa shape index (κ1) is 7.03. The largest absolute Gasteiger partial charge is 0.392 e. The van der Waals surface area contributed by atoms with Crippen molar-refractivity contribution in [1.29, 1.82) is 0 Å². The van der Waals surface area contributed by atoms with Gasteiger partial charge in [0.1, 0.15) is 0 Å². The lowest BCUT2D eigenvalue weighted by atomic mass is 10.1. The molecular weight excluding hydrogens is 180 g/mol. The van der Waals surface area contributed by atoms with Gasteiger partial charge in [0, 0.05) is 4.48 Å². The van der Waals surface area contributed by atoms with Crippen molar-refractivity contribution >= 4 is 15.9 Å². The molecule has 1 aliphatic rings. The van der Waals surface area contributed by atoms with Crippen molar-refractivity contribution in [2.24, 2.45) is 0 Å². The topological polar surface area (TPSA) is 20.2 Å². The van der Waals surface area contributed by atoms with E-state index in [4.69, 9.17) is 5.11 Å². The van der Waals surface area contributed by atoms with Gasteiger partial charge in [-0.25, -0.2) is 0 Å². The number of rotatable bonds is 1. The standard InChI is InChI=1S/C7H8BrO/c8-7-4-2-1-3-6(7)5-9/h2-4,9H,1,5H2. The molecule has 2 heteroatoms. The monoisotopic (exact) mass is 187 g/mol. The average molecular weight is 188 g/mol. The Hall–Kier alpha value is -0.0800. The Kier molecular flexibility index (Phi) is 2.49. The minimum atomic E-state index is 0.130. The SMILES string of the molecule is OCC1=CC[CH]C=C1Br. The Morgan fingerprint density at radius 2 is 2.44 bits per heavy atom. The van der Waals surface area contributed by atoms with Crippen LogP contribution in [-0.4, -0.2) is 11.7 Å². The number of allylic oxidation sites excluding steroid dienone is 2. The predicted molar refractivity (Wildman–Crippen MR) is 41.1 cm³/mol. The summed E-state index contributed by atoms with van der Waals surface area (Å²) in [5.74, 6) is 0. The van der Waals surface area contributed by atoms with E-state index in [1.807, 2.05) is 18.6 Å². The van der Waals surface area contributed by atoms with Crippen LogP contribution in [0.5, 0.6) is 0 Å². The molecular formula is C7H8BrO. The highest BCUT2D eigenvalue weighted by atomic mass is 79.9. The van der Waals surface area contributed by atoms with Gasteiger partial charge < -0.3 is 5.11 Å². The normalized spacial score (nSPS) is 18.9. The third-order valence-electron chi connectivity index (χ3n) is 1.24. The maximum absolute atomic E-state index is 8.71. The second kappa shape index (κ2) is 3.18. The molecule has 0 spiro atoms. The van der Waals surface area contributed by atoms with Crippen LogP contribution in [0.2, 0.25) is 0 Å². The van der Waals surface area contributed by atoms with Crippen LogP contribution >= 0.6 is 15.9 Å². The molecule has 0 heterocycles. The van der Waals surface area contributed by atoms with E-state index in [0.29, 0.717) is 0 Å². The van der Waals surface area contributed by atoms with Crippen LogP contribution in [0.15, 0.2) is 22.2 Å². The van der Waals surface area contributed by atoms with Crippen LogP contribution in [0.4, 0.5) is 0 Å². The first-order chi connectivity index (χ1) is 4.34. The predicted octanol–water partition coefficient (Wildman–Crippen LogP) is 1.79. The quantitative estimate of drug-likeness (QED) is 0.665. The zero-order valence-corrected chi connectivity index (χ0v) is 6.56. The second-order valence-corrected chi connectivity index (χ2v) is 2.73. The molecule has 0 unspecified atom stereocenters. The summed E-state index contributed by atoms with van der Waals surface area (Å²) in [6.45, 7) is 0.130. The molecule has 1 aliphatic carbocycles. The van der Waals surface area contributed by atoms with Gasteiger partial charge in [-0.3, -0.25) is 0 Å². The third kappa shape index (κ3) is 1.66. The van der Waals surface area contributed by atoms with E-state index in [0.717, 1.165) is 16.5 Å². The average Bonchev–Trinajstić information content (AvgIpc) is 1.89. The molecule has 49 valence electrons. The first-order valence-electron chi connectivity index (χ1n) is 2.84. The Labute approximate surface area is 63.2 Å². The van der Waals surface area contributed by atoms with Crippen molar-refractivity contribution in [3.63, 3.8) is 0 Å². The van der Waals surface area contributed by atoms with Crippen molar-refractivity contribution in [3.8, 4) is 0 Å². The highest BCUT2D eigenvalue weighted by molar-refractivity contribution is 9.12. The summed E-state index contributed by atoms with van der Waals surface area (Å²) < 4.78 is 0.997. The Bertz CT molecular complexity index is 158. The van der Waals surface area contributed by atoms with E-state index in [1.54, 1.807) is 0 Å². The molecule has 0 saturated heterocycles. The molecule has 0 atom stereocenters. The minimum Gasteiger partial charge on any atom is -0.392 e. The molecule has 0 saturated carbocycles. The highest BCUT2D eigenvalue weighted by Gasteiger charge is 2.02. The van der Waals surface area contributed by atoms with Crippen LogP contribution in [0, 0.1) is 6.42 Å². The van der Waals surface area contributed by atoms with E-state index in [2.05, 4.69) is 15.9 Å². The molecule has 0 bridgehead atoms. The number of halogens is 1. The number of hydrogen-bond acceptors (Lipinski definition) is 1. The fourth-order valence-corrected chi connectivity index (χ4v) is 1.20. The van der Waals surface area contributed by atoms with Crippen LogP contribution in [0.1, 0.15) is 6.42 Å². The number of hydrogen-bond donors (Lipinski definition) is 1. The van der Waals surface area contributed by atoms with Crippen molar-refractivity contribution in [3.05, 3.63) is 28.6 Å². The number of aliphatic hydroxyl groups excluding tert-OH is 1. The van der Waals surface area contributed by atoms with E-state index in [1.165, 1.54) is 0 Å². The second-order valence-electron chi connectivity index (χ2n) is 1.87. The van der Waals surface area contributed by atoms with Gasteiger partial charge in [-0.1, -0.05) is 28.1 Å². The highest BCUT2D eigenvalue weighted by Crippen LogP contribution is 2.22. The molecule has 1 radical (unpaired) electrons. The lowest BCUT2D eigenvalue weighted by Gasteiger charge is -2.06. The fraction of sp³-hybridized carbons (Fsp3) is 0.286. The van der Waals surface area contributed by atoms with Crippen molar-refractivity contribution < 1.29 is 5.11 Å². The summed E-state index contributed by atoms with van der Waals surface area (Å²) >= 11 is 3.32. The van der Waals surface area contributed by atoms with Gasteiger partial charge in [0.2, 0.25) is 0 Å². The molecule has 1 N–H and O–H groups in total. The van der Waals surface area contributed by atoms with Crippen LogP contribution in [0.3, 0.4) is 0 Å². The Morgan fingerprint density at radius 3 is 2.89 bits per heavy atom. The Morgan fingerprint density at radius 1 is 1.67 bits per heavy atom. The first-order valence-corrected chi connectivity index (χ1v) is 3.63. The molecule has 1 nitrogen and oxygen atoms in total. The summed E-state index contributed by atoms with van der Waals surface area (Å²) in [4.78, 5) is 0. The third-order valence-corrected chi connectivity index (χ3v) is 2.02. The van der Waals surface area contributed by atoms with Gasteiger partial charge in [0.25, 0.3) is 0 Å². The van der Waals surface area contributed by atoms with Gasteiger partial charge in [-0.05, 0) is 18.4 Å². The van der Waals surface area contributed by atoms with Gasteiger partial charge in [0.15, 0.2) is 0 Å². The summed E-state index contributed by atoms with van der Waals surface area (Å²) in [5, 5.41) is 8.71. The minimum absolute atomic E-state index is 0.130. The summed E-state index contributed by atoms with van der Waals surface area (Å²) in [6.07, 6.45) is 6.95. The Balaban J connectivity index is 2.68.